The zero-order valence-electron chi connectivity index (χ0n) is 13.6. The molecule has 0 aliphatic heterocycles. The van der Waals surface area contributed by atoms with Crippen LogP contribution in [0.1, 0.15) is 33.6 Å². The van der Waals surface area contributed by atoms with Crippen LogP contribution in [0.15, 0.2) is 0 Å². The van der Waals surface area contributed by atoms with Crippen LogP contribution in [-0.4, -0.2) is 53.1 Å². The molecule has 9 heteroatoms. The van der Waals surface area contributed by atoms with Crippen molar-refractivity contribution in [3.63, 3.8) is 0 Å². The van der Waals surface area contributed by atoms with Crippen LogP contribution in [0.4, 0.5) is 0 Å². The Hall–Kier alpha value is -1.61. The minimum atomic E-state index is -1.19. The first kappa shape index (κ1) is 21.4. The van der Waals surface area contributed by atoms with Gasteiger partial charge in [0.15, 0.2) is 5.78 Å². The molecule has 0 fully saturated rings. The van der Waals surface area contributed by atoms with E-state index in [2.05, 4.69) is 23.3 Å². The van der Waals surface area contributed by atoms with Crippen molar-refractivity contribution in [1.82, 2.24) is 10.6 Å². The third kappa shape index (κ3) is 8.56. The molecule has 0 aliphatic rings. The molecule has 5 N–H and O–H groups in total. The molecule has 2 unspecified atom stereocenters. The average molecular weight is 347 g/mol. The van der Waals surface area contributed by atoms with Crippen molar-refractivity contribution >= 4 is 36.2 Å². The van der Waals surface area contributed by atoms with Crippen molar-refractivity contribution in [2.24, 2.45) is 11.1 Å². The molecule has 8 nitrogen and oxygen atoms in total. The zero-order chi connectivity index (χ0) is 18.2. The first-order valence-corrected chi connectivity index (χ1v) is 7.82. The van der Waals surface area contributed by atoms with E-state index < -0.39 is 35.3 Å². The summed E-state index contributed by atoms with van der Waals surface area (Å²) in [4.78, 5) is 46.0. The molecular formula is C14H25N3O5S. The van der Waals surface area contributed by atoms with E-state index in [1.807, 2.05) is 0 Å². The lowest BCUT2D eigenvalue weighted by Gasteiger charge is -2.19. The van der Waals surface area contributed by atoms with Gasteiger partial charge in [0.1, 0.15) is 12.1 Å². The molecule has 2 atom stereocenters. The summed E-state index contributed by atoms with van der Waals surface area (Å²) in [5.74, 6) is -2.30. The van der Waals surface area contributed by atoms with E-state index in [1.54, 1.807) is 20.8 Å². The van der Waals surface area contributed by atoms with Gasteiger partial charge in [-0.3, -0.25) is 19.2 Å². The Balaban J connectivity index is 4.37. The summed E-state index contributed by atoms with van der Waals surface area (Å²) < 4.78 is 0. The largest absolute Gasteiger partial charge is 0.480 e. The summed E-state index contributed by atoms with van der Waals surface area (Å²) in [6.07, 6.45) is -0.156. The van der Waals surface area contributed by atoms with Crippen molar-refractivity contribution < 1.29 is 24.3 Å². The number of hydrogen-bond acceptors (Lipinski definition) is 6. The lowest BCUT2D eigenvalue weighted by atomic mass is 9.91. The topological polar surface area (TPSA) is 139 Å². The fourth-order valence-corrected chi connectivity index (χ4v) is 1.68. The van der Waals surface area contributed by atoms with Crippen LogP contribution in [-0.2, 0) is 19.2 Å². The van der Waals surface area contributed by atoms with Gasteiger partial charge in [-0.25, -0.2) is 0 Å². The molecule has 0 rings (SSSR count). The maximum Gasteiger partial charge on any atom is 0.320 e. The van der Waals surface area contributed by atoms with Gasteiger partial charge >= 0.3 is 5.97 Å². The predicted molar refractivity (Wildman–Crippen MR) is 88.1 cm³/mol. The summed E-state index contributed by atoms with van der Waals surface area (Å²) >= 11 is 3.99. The normalized spacial score (nSPS) is 13.8. The Morgan fingerprint density at radius 1 is 1.22 bits per heavy atom. The number of nitrogens with one attached hydrogen (secondary N) is 2. The lowest BCUT2D eigenvalue weighted by Crippen LogP contribution is -2.50. The van der Waals surface area contributed by atoms with Crippen molar-refractivity contribution in [3.8, 4) is 0 Å². The number of nitrogens with two attached hydrogens (primary N) is 1. The monoisotopic (exact) mass is 347 g/mol. The van der Waals surface area contributed by atoms with Crippen molar-refractivity contribution in [2.75, 3.05) is 12.3 Å². The first-order valence-electron chi connectivity index (χ1n) is 7.18. The molecule has 0 saturated heterocycles. The zero-order valence-corrected chi connectivity index (χ0v) is 14.5. The summed E-state index contributed by atoms with van der Waals surface area (Å²) in [5.41, 5.74) is 4.73. The molecule has 2 amide bonds. The fraction of sp³-hybridized carbons (Fsp3) is 0.714. The number of Topliss-reactive ketones (excluding diaryl/α,β-unsaturated/α-hetero) is 1. The van der Waals surface area contributed by atoms with Gasteiger partial charge in [-0.15, -0.1) is 0 Å². The van der Waals surface area contributed by atoms with E-state index in [4.69, 9.17) is 10.8 Å². The Bertz CT molecular complexity index is 462. The number of amides is 2. The van der Waals surface area contributed by atoms with E-state index in [-0.39, 0.29) is 30.9 Å². The second kappa shape index (κ2) is 9.51. The minimum absolute atomic E-state index is 0.0371. The van der Waals surface area contributed by atoms with E-state index in [0.29, 0.717) is 0 Å². The third-order valence-corrected chi connectivity index (χ3v) is 3.46. The van der Waals surface area contributed by atoms with Crippen LogP contribution in [0.5, 0.6) is 0 Å². The van der Waals surface area contributed by atoms with Gasteiger partial charge in [-0.1, -0.05) is 20.8 Å². The first-order chi connectivity index (χ1) is 10.5. The number of rotatable bonds is 9. The molecule has 132 valence electrons. The van der Waals surface area contributed by atoms with Gasteiger partial charge in [-0.05, 0) is 6.42 Å². The van der Waals surface area contributed by atoms with Gasteiger partial charge in [0, 0.05) is 17.6 Å². The Morgan fingerprint density at radius 2 is 1.78 bits per heavy atom. The number of aliphatic carboxylic acids is 1. The number of ketones is 1. The standard InChI is InChI=1S/C14H25N3O5S/c1-14(2,3)10(18)6-16-12(20)9(7-23)17-11(19)5-4-8(15)13(21)22/h8-9,23H,4-7,15H2,1-3H3,(H,16,20)(H,17,19)(H,21,22). The molecule has 0 heterocycles. The Morgan fingerprint density at radius 3 is 2.22 bits per heavy atom. The molecule has 0 aliphatic carbocycles. The summed E-state index contributed by atoms with van der Waals surface area (Å²) in [6, 6.07) is -2.03. The molecule has 23 heavy (non-hydrogen) atoms. The number of hydrogen-bond donors (Lipinski definition) is 5. The maximum absolute atomic E-state index is 11.9. The summed E-state index contributed by atoms with van der Waals surface area (Å²) in [5, 5.41) is 13.5. The van der Waals surface area contributed by atoms with Gasteiger partial charge < -0.3 is 21.5 Å². The Labute approximate surface area is 141 Å². The highest BCUT2D eigenvalue weighted by atomic mass is 32.1. The van der Waals surface area contributed by atoms with Crippen molar-refractivity contribution in [3.05, 3.63) is 0 Å². The SMILES string of the molecule is CC(C)(C)C(=O)CNC(=O)C(CS)NC(=O)CCC(N)C(=O)O. The third-order valence-electron chi connectivity index (χ3n) is 3.09. The van der Waals surface area contributed by atoms with E-state index in [9.17, 15) is 19.2 Å². The van der Waals surface area contributed by atoms with E-state index >= 15 is 0 Å². The summed E-state index contributed by atoms with van der Waals surface area (Å²) in [6.45, 7) is 5.09. The van der Waals surface area contributed by atoms with Gasteiger partial charge in [0.25, 0.3) is 0 Å². The lowest BCUT2D eigenvalue weighted by molar-refractivity contribution is -0.138. The maximum atomic E-state index is 11.9. The van der Waals surface area contributed by atoms with Crippen molar-refractivity contribution in [2.45, 2.75) is 45.7 Å². The second-order valence-electron chi connectivity index (χ2n) is 6.18. The van der Waals surface area contributed by atoms with Crippen LogP contribution in [0, 0.1) is 5.41 Å². The molecule has 0 spiro atoms. The van der Waals surface area contributed by atoms with Crippen LogP contribution in [0.3, 0.4) is 0 Å². The van der Waals surface area contributed by atoms with Gasteiger partial charge in [-0.2, -0.15) is 12.6 Å². The molecule has 0 aromatic carbocycles. The molecular weight excluding hydrogens is 322 g/mol. The van der Waals surface area contributed by atoms with Crippen LogP contribution in [0.2, 0.25) is 0 Å². The molecule has 0 aromatic heterocycles. The molecule has 0 radical (unpaired) electrons. The van der Waals surface area contributed by atoms with Gasteiger partial charge in [0.2, 0.25) is 11.8 Å². The van der Waals surface area contributed by atoms with E-state index in [0.717, 1.165) is 0 Å². The number of carboxylic acids is 1. The highest BCUT2D eigenvalue weighted by molar-refractivity contribution is 7.80. The van der Waals surface area contributed by atoms with Gasteiger partial charge in [0.05, 0.1) is 6.54 Å². The van der Waals surface area contributed by atoms with Crippen LogP contribution >= 0.6 is 12.6 Å². The summed E-state index contributed by atoms with van der Waals surface area (Å²) in [7, 11) is 0. The van der Waals surface area contributed by atoms with E-state index in [1.165, 1.54) is 0 Å². The predicted octanol–water partition coefficient (Wildman–Crippen LogP) is -0.675. The molecule has 0 bridgehead atoms. The second-order valence-corrected chi connectivity index (χ2v) is 6.54. The average Bonchev–Trinajstić information content (AvgIpc) is 2.45. The number of carbonyl (C=O) groups excluding carboxylic acids is 3. The highest BCUT2D eigenvalue weighted by Gasteiger charge is 2.24. The highest BCUT2D eigenvalue weighted by Crippen LogP contribution is 2.13. The van der Waals surface area contributed by atoms with Crippen molar-refractivity contribution in [1.29, 1.82) is 0 Å². The molecule has 0 aromatic rings. The fourth-order valence-electron chi connectivity index (χ4n) is 1.43. The number of carbonyl (C=O) groups is 4. The van der Waals surface area contributed by atoms with Crippen LogP contribution in [0.25, 0.3) is 0 Å². The smallest absolute Gasteiger partial charge is 0.320 e. The quantitative estimate of drug-likeness (QED) is 0.350. The number of carboxylic acid groups (broad SMARTS) is 1. The number of thiol groups is 1. The van der Waals surface area contributed by atoms with Crippen LogP contribution < -0.4 is 16.4 Å². The minimum Gasteiger partial charge on any atom is -0.480 e. The molecule has 0 saturated carbocycles. The Kier molecular flexibility index (Phi) is 8.85.